The summed E-state index contributed by atoms with van der Waals surface area (Å²) < 4.78 is 1.64. The van der Waals surface area contributed by atoms with Gasteiger partial charge >= 0.3 is 0 Å². The first-order chi connectivity index (χ1) is 6.27. The molecule has 0 aromatic carbocycles. The fourth-order valence-electron chi connectivity index (χ4n) is 1.30. The summed E-state index contributed by atoms with van der Waals surface area (Å²) in [5.41, 5.74) is 0. The van der Waals surface area contributed by atoms with Gasteiger partial charge in [-0.25, -0.2) is 4.98 Å². The van der Waals surface area contributed by atoms with Crippen molar-refractivity contribution in [3.63, 3.8) is 0 Å². The third kappa shape index (κ3) is 1.60. The molecule has 1 N–H and O–H groups in total. The molecule has 0 atom stereocenters. The van der Waals surface area contributed by atoms with Crippen molar-refractivity contribution in [2.75, 3.05) is 13.1 Å². The summed E-state index contributed by atoms with van der Waals surface area (Å²) in [6.45, 7) is 1.63. The highest BCUT2D eigenvalue weighted by Crippen LogP contribution is 2.07. The zero-order valence-corrected chi connectivity index (χ0v) is 7.53. The van der Waals surface area contributed by atoms with Crippen molar-refractivity contribution in [1.29, 1.82) is 0 Å². The van der Waals surface area contributed by atoms with Gasteiger partial charge in [0.1, 0.15) is 17.9 Å². The van der Waals surface area contributed by atoms with Crippen LogP contribution in [0.4, 0.5) is 0 Å². The minimum atomic E-state index is 0.191. The van der Waals surface area contributed by atoms with Gasteiger partial charge in [-0.05, 0) is 0 Å². The molecule has 0 aliphatic carbocycles. The van der Waals surface area contributed by atoms with Crippen LogP contribution in [0.15, 0.2) is 6.33 Å². The van der Waals surface area contributed by atoms with Crippen LogP contribution in [0.3, 0.4) is 0 Å². The normalized spacial score (nSPS) is 17.0. The van der Waals surface area contributed by atoms with Crippen LogP contribution in [0.25, 0.3) is 0 Å². The Morgan fingerprint density at radius 1 is 1.77 bits per heavy atom. The first-order valence-corrected chi connectivity index (χ1v) is 4.33. The summed E-state index contributed by atoms with van der Waals surface area (Å²) >= 11 is 0. The van der Waals surface area contributed by atoms with Gasteiger partial charge in [0.15, 0.2) is 0 Å². The number of hydrogen-bond acceptors (Lipinski definition) is 4. The van der Waals surface area contributed by atoms with Gasteiger partial charge in [0.2, 0.25) is 0 Å². The molecule has 0 spiro atoms. The highest BCUT2D eigenvalue weighted by Gasteiger charge is 2.25. The lowest BCUT2D eigenvalue weighted by molar-refractivity contribution is -0.123. The molecule has 1 fully saturated rings. The van der Waals surface area contributed by atoms with E-state index in [9.17, 15) is 4.79 Å². The molecular weight excluding hydrogens is 168 g/mol. The molecule has 1 aliphatic heterocycles. The van der Waals surface area contributed by atoms with Gasteiger partial charge in [-0.15, -0.1) is 0 Å². The highest BCUT2D eigenvalue weighted by atomic mass is 16.1. The predicted octanol–water partition coefficient (Wildman–Crippen LogP) is -0.854. The monoisotopic (exact) mass is 180 g/mol. The number of nitrogens with zero attached hydrogens (tertiary/aromatic N) is 3. The van der Waals surface area contributed by atoms with E-state index in [1.807, 2.05) is 0 Å². The Hall–Kier alpha value is -1.23. The zero-order chi connectivity index (χ0) is 9.26. The number of hydrogen-bond donors (Lipinski definition) is 1. The molecule has 0 radical (unpaired) electrons. The summed E-state index contributed by atoms with van der Waals surface area (Å²) in [6, 6.07) is 0. The lowest BCUT2D eigenvalue weighted by Crippen LogP contribution is -2.47. The maximum absolute atomic E-state index is 11.5. The van der Waals surface area contributed by atoms with Crippen LogP contribution in [0.2, 0.25) is 0 Å². The second kappa shape index (κ2) is 3.26. The molecule has 5 heteroatoms. The molecule has 2 rings (SSSR count). The number of carbonyl (C=O) groups is 1. The van der Waals surface area contributed by atoms with Gasteiger partial charge in [0.05, 0.1) is 6.42 Å². The molecule has 70 valence electrons. The van der Waals surface area contributed by atoms with E-state index in [-0.39, 0.29) is 11.7 Å². The molecular formula is C8H12N4O. The third-order valence-electron chi connectivity index (χ3n) is 2.37. The lowest BCUT2D eigenvalue weighted by atomic mass is 9.96. The zero-order valence-electron chi connectivity index (χ0n) is 7.53. The third-order valence-corrected chi connectivity index (χ3v) is 2.37. The topological polar surface area (TPSA) is 59.8 Å². The number of Topliss-reactive ketones (excluding diaryl/α,β-unsaturated/α-hetero) is 1. The van der Waals surface area contributed by atoms with Crippen molar-refractivity contribution < 1.29 is 4.79 Å². The molecule has 0 unspecified atom stereocenters. The van der Waals surface area contributed by atoms with Gasteiger partial charge < -0.3 is 5.32 Å². The molecule has 5 nitrogen and oxygen atoms in total. The Morgan fingerprint density at radius 3 is 3.00 bits per heavy atom. The highest BCUT2D eigenvalue weighted by molar-refractivity contribution is 5.83. The molecule has 1 saturated heterocycles. The summed E-state index contributed by atoms with van der Waals surface area (Å²) in [5, 5.41) is 6.98. The SMILES string of the molecule is Cn1ncnc1CC(=O)C1CNC1. The van der Waals surface area contributed by atoms with E-state index in [4.69, 9.17) is 0 Å². The van der Waals surface area contributed by atoms with Gasteiger partial charge in [-0.3, -0.25) is 9.48 Å². The Morgan fingerprint density at radius 2 is 2.54 bits per heavy atom. The van der Waals surface area contributed by atoms with Crippen LogP contribution in [0.1, 0.15) is 5.82 Å². The van der Waals surface area contributed by atoms with Gasteiger partial charge in [0.25, 0.3) is 0 Å². The summed E-state index contributed by atoms with van der Waals surface area (Å²) in [6.07, 6.45) is 1.88. The summed E-state index contributed by atoms with van der Waals surface area (Å²) in [7, 11) is 1.80. The average Bonchev–Trinajstić information content (AvgIpc) is 2.32. The average molecular weight is 180 g/mol. The quantitative estimate of drug-likeness (QED) is 0.658. The first-order valence-electron chi connectivity index (χ1n) is 4.33. The second-order valence-electron chi connectivity index (χ2n) is 3.30. The fourth-order valence-corrected chi connectivity index (χ4v) is 1.30. The Bertz CT molecular complexity index is 316. The van der Waals surface area contributed by atoms with E-state index in [1.165, 1.54) is 6.33 Å². The standard InChI is InChI=1S/C8H12N4O/c1-12-8(10-5-11-12)2-7(13)6-3-9-4-6/h5-6,9H,2-4H2,1H3. The minimum absolute atomic E-state index is 0.191. The molecule has 1 aromatic rings. The van der Waals surface area contributed by atoms with Crippen LogP contribution >= 0.6 is 0 Å². The maximum Gasteiger partial charge on any atom is 0.146 e. The second-order valence-corrected chi connectivity index (χ2v) is 3.30. The van der Waals surface area contributed by atoms with E-state index >= 15 is 0 Å². The maximum atomic E-state index is 11.5. The van der Waals surface area contributed by atoms with Gasteiger partial charge in [0, 0.05) is 26.1 Å². The molecule has 13 heavy (non-hydrogen) atoms. The fraction of sp³-hybridized carbons (Fsp3) is 0.625. The number of aromatic nitrogens is 3. The van der Waals surface area contributed by atoms with Crippen molar-refractivity contribution in [3.8, 4) is 0 Å². The smallest absolute Gasteiger partial charge is 0.146 e. The molecule has 0 amide bonds. The minimum Gasteiger partial charge on any atom is -0.315 e. The van der Waals surface area contributed by atoms with Crippen LogP contribution in [-0.2, 0) is 18.3 Å². The van der Waals surface area contributed by atoms with Gasteiger partial charge in [-0.1, -0.05) is 0 Å². The van der Waals surface area contributed by atoms with Crippen LogP contribution < -0.4 is 5.32 Å². The summed E-state index contributed by atoms with van der Waals surface area (Å²) in [4.78, 5) is 15.5. The molecule has 0 bridgehead atoms. The Kier molecular flexibility index (Phi) is 2.10. The van der Waals surface area contributed by atoms with E-state index in [2.05, 4.69) is 15.4 Å². The van der Waals surface area contributed by atoms with Crippen LogP contribution in [-0.4, -0.2) is 33.6 Å². The van der Waals surface area contributed by atoms with Crippen molar-refractivity contribution in [1.82, 2.24) is 20.1 Å². The Labute approximate surface area is 76.2 Å². The van der Waals surface area contributed by atoms with Gasteiger partial charge in [-0.2, -0.15) is 5.10 Å². The van der Waals surface area contributed by atoms with E-state index in [0.29, 0.717) is 6.42 Å². The lowest BCUT2D eigenvalue weighted by Gasteiger charge is -2.25. The van der Waals surface area contributed by atoms with Crippen LogP contribution in [0, 0.1) is 5.92 Å². The van der Waals surface area contributed by atoms with E-state index in [0.717, 1.165) is 18.9 Å². The number of rotatable bonds is 3. The van der Waals surface area contributed by atoms with Crippen molar-refractivity contribution in [3.05, 3.63) is 12.2 Å². The number of carbonyl (C=O) groups excluding carboxylic acids is 1. The van der Waals surface area contributed by atoms with Crippen LogP contribution in [0.5, 0.6) is 0 Å². The van der Waals surface area contributed by atoms with Crippen molar-refractivity contribution >= 4 is 5.78 Å². The number of ketones is 1. The Balaban J connectivity index is 1.97. The largest absolute Gasteiger partial charge is 0.315 e. The molecule has 0 saturated carbocycles. The summed E-state index contributed by atoms with van der Waals surface area (Å²) in [5.74, 6) is 1.20. The molecule has 2 heterocycles. The van der Waals surface area contributed by atoms with E-state index in [1.54, 1.807) is 11.7 Å². The number of aryl methyl sites for hydroxylation is 1. The van der Waals surface area contributed by atoms with Crippen molar-refractivity contribution in [2.45, 2.75) is 6.42 Å². The molecule has 1 aromatic heterocycles. The predicted molar refractivity (Wildman–Crippen MR) is 46.1 cm³/mol. The van der Waals surface area contributed by atoms with Crippen molar-refractivity contribution in [2.24, 2.45) is 13.0 Å². The molecule has 1 aliphatic rings. The number of nitrogens with one attached hydrogen (secondary N) is 1. The van der Waals surface area contributed by atoms with E-state index < -0.39 is 0 Å². The first kappa shape index (κ1) is 8.37.